The van der Waals surface area contributed by atoms with E-state index in [1.54, 1.807) is 15.9 Å². The summed E-state index contributed by atoms with van der Waals surface area (Å²) in [5.41, 5.74) is 0.866. The molecular weight excluding hydrogens is 330 g/mol. The lowest BCUT2D eigenvalue weighted by Crippen LogP contribution is -2.48. The topological polar surface area (TPSA) is 65.5 Å². The summed E-state index contributed by atoms with van der Waals surface area (Å²) in [6.07, 6.45) is 2.19. The molecule has 1 fully saturated rings. The van der Waals surface area contributed by atoms with Gasteiger partial charge in [0.15, 0.2) is 0 Å². The van der Waals surface area contributed by atoms with Crippen molar-refractivity contribution in [3.05, 3.63) is 53.9 Å². The number of aromatic nitrogens is 1. The number of amides is 2. The largest absolute Gasteiger partial charge is 0.352 e. The number of hydrogen-bond donors (Lipinski definition) is 1. The molecule has 2 amide bonds. The molecule has 0 radical (unpaired) electrons. The molecular formula is C17H16F2N4O2. The standard InChI is InChI=1S/C17H16F2N4O2/c18-12-1-3-15(14(19)9-12)21-13-2-4-16(20-10-13)17(25)23-7-5-22(11-24)6-8-23/h1-4,9-11,21H,5-8H2. The van der Waals surface area contributed by atoms with Crippen LogP contribution in [0.1, 0.15) is 10.5 Å². The Labute approximate surface area is 143 Å². The molecule has 0 spiro atoms. The number of carbonyl (C=O) groups is 2. The maximum absolute atomic E-state index is 13.6. The molecule has 25 heavy (non-hydrogen) atoms. The van der Waals surface area contributed by atoms with Crippen molar-refractivity contribution in [1.29, 1.82) is 0 Å². The van der Waals surface area contributed by atoms with Crippen LogP contribution in [0.15, 0.2) is 36.5 Å². The zero-order valence-corrected chi connectivity index (χ0v) is 13.3. The highest BCUT2D eigenvalue weighted by Crippen LogP contribution is 2.20. The molecule has 1 aromatic carbocycles. The molecule has 2 aromatic rings. The van der Waals surface area contributed by atoms with E-state index < -0.39 is 11.6 Å². The van der Waals surface area contributed by atoms with Gasteiger partial charge in [0.05, 0.1) is 17.6 Å². The Bertz CT molecular complexity index is 775. The molecule has 2 heterocycles. The van der Waals surface area contributed by atoms with Crippen LogP contribution >= 0.6 is 0 Å². The van der Waals surface area contributed by atoms with Crippen LogP contribution in [-0.2, 0) is 4.79 Å². The van der Waals surface area contributed by atoms with Crippen LogP contribution < -0.4 is 5.32 Å². The van der Waals surface area contributed by atoms with Crippen molar-refractivity contribution >= 4 is 23.7 Å². The summed E-state index contributed by atoms with van der Waals surface area (Å²) in [7, 11) is 0. The second-order valence-corrected chi connectivity index (χ2v) is 5.61. The van der Waals surface area contributed by atoms with E-state index >= 15 is 0 Å². The minimum absolute atomic E-state index is 0.118. The first-order chi connectivity index (χ1) is 12.1. The molecule has 1 N–H and O–H groups in total. The molecule has 1 saturated heterocycles. The van der Waals surface area contributed by atoms with Gasteiger partial charge in [0, 0.05) is 32.2 Å². The third-order valence-corrected chi connectivity index (χ3v) is 3.94. The maximum atomic E-state index is 13.6. The van der Waals surface area contributed by atoms with Gasteiger partial charge >= 0.3 is 0 Å². The molecule has 6 nitrogen and oxygen atoms in total. The van der Waals surface area contributed by atoms with Crippen molar-refractivity contribution in [2.45, 2.75) is 0 Å². The van der Waals surface area contributed by atoms with Crippen LogP contribution in [0, 0.1) is 11.6 Å². The minimum atomic E-state index is -0.715. The molecule has 0 atom stereocenters. The van der Waals surface area contributed by atoms with E-state index in [0.29, 0.717) is 31.9 Å². The van der Waals surface area contributed by atoms with Gasteiger partial charge in [-0.05, 0) is 24.3 Å². The lowest BCUT2D eigenvalue weighted by atomic mass is 10.2. The molecule has 1 aliphatic heterocycles. The lowest BCUT2D eigenvalue weighted by molar-refractivity contribution is -0.119. The van der Waals surface area contributed by atoms with E-state index in [9.17, 15) is 18.4 Å². The Morgan fingerprint density at radius 2 is 1.88 bits per heavy atom. The normalized spacial score (nSPS) is 14.3. The SMILES string of the molecule is O=CN1CCN(C(=O)c2ccc(Nc3ccc(F)cc3F)cn2)CC1. The number of hydrogen-bond acceptors (Lipinski definition) is 4. The summed E-state index contributed by atoms with van der Waals surface area (Å²) in [4.78, 5) is 30.4. The van der Waals surface area contributed by atoms with Gasteiger partial charge in [-0.3, -0.25) is 9.59 Å². The molecule has 1 aliphatic rings. The molecule has 0 unspecified atom stereocenters. The fourth-order valence-corrected chi connectivity index (χ4v) is 2.53. The second-order valence-electron chi connectivity index (χ2n) is 5.61. The minimum Gasteiger partial charge on any atom is -0.352 e. The smallest absolute Gasteiger partial charge is 0.272 e. The first-order valence-electron chi connectivity index (χ1n) is 7.73. The number of nitrogens with zero attached hydrogens (tertiary/aromatic N) is 3. The fourth-order valence-electron chi connectivity index (χ4n) is 2.53. The summed E-state index contributed by atoms with van der Waals surface area (Å²) in [5.74, 6) is -1.59. The van der Waals surface area contributed by atoms with Crippen molar-refractivity contribution in [2.75, 3.05) is 31.5 Å². The first kappa shape index (κ1) is 16.8. The van der Waals surface area contributed by atoms with Crippen LogP contribution in [-0.4, -0.2) is 53.3 Å². The van der Waals surface area contributed by atoms with E-state index in [4.69, 9.17) is 0 Å². The molecule has 8 heteroatoms. The summed E-state index contributed by atoms with van der Waals surface area (Å²) in [6, 6.07) is 6.36. The van der Waals surface area contributed by atoms with Gasteiger partial charge < -0.3 is 15.1 Å². The van der Waals surface area contributed by atoms with Crippen molar-refractivity contribution in [2.24, 2.45) is 0 Å². The second kappa shape index (κ2) is 7.25. The molecule has 130 valence electrons. The van der Waals surface area contributed by atoms with Crippen molar-refractivity contribution in [3.63, 3.8) is 0 Å². The Morgan fingerprint density at radius 1 is 1.12 bits per heavy atom. The molecule has 0 aliphatic carbocycles. The number of halogens is 2. The third kappa shape index (κ3) is 3.90. The van der Waals surface area contributed by atoms with Gasteiger partial charge in [0.25, 0.3) is 5.91 Å². The van der Waals surface area contributed by atoms with Crippen molar-refractivity contribution in [3.8, 4) is 0 Å². The van der Waals surface area contributed by atoms with Gasteiger partial charge in [0.2, 0.25) is 6.41 Å². The summed E-state index contributed by atoms with van der Waals surface area (Å²) in [6.45, 7) is 1.91. The number of pyridine rings is 1. The van der Waals surface area contributed by atoms with Crippen LogP contribution in [0.25, 0.3) is 0 Å². The van der Waals surface area contributed by atoms with Crippen molar-refractivity contribution in [1.82, 2.24) is 14.8 Å². The number of benzene rings is 1. The summed E-state index contributed by atoms with van der Waals surface area (Å²) >= 11 is 0. The molecule has 3 rings (SSSR count). The maximum Gasteiger partial charge on any atom is 0.272 e. The monoisotopic (exact) mass is 346 g/mol. The lowest BCUT2D eigenvalue weighted by Gasteiger charge is -2.32. The predicted molar refractivity (Wildman–Crippen MR) is 87.4 cm³/mol. The summed E-state index contributed by atoms with van der Waals surface area (Å²) < 4.78 is 26.5. The highest BCUT2D eigenvalue weighted by molar-refractivity contribution is 5.92. The number of anilines is 2. The molecule has 1 aromatic heterocycles. The number of carbonyl (C=O) groups excluding carboxylic acids is 2. The van der Waals surface area contributed by atoms with E-state index in [0.717, 1.165) is 18.5 Å². The van der Waals surface area contributed by atoms with Gasteiger partial charge in [-0.25, -0.2) is 13.8 Å². The van der Waals surface area contributed by atoms with Gasteiger partial charge in [-0.1, -0.05) is 0 Å². The van der Waals surface area contributed by atoms with E-state index in [2.05, 4.69) is 10.3 Å². The first-order valence-corrected chi connectivity index (χ1v) is 7.73. The van der Waals surface area contributed by atoms with Gasteiger partial charge in [-0.2, -0.15) is 0 Å². The van der Waals surface area contributed by atoms with Gasteiger partial charge in [-0.15, -0.1) is 0 Å². The van der Waals surface area contributed by atoms with Crippen molar-refractivity contribution < 1.29 is 18.4 Å². The van der Waals surface area contributed by atoms with E-state index in [1.165, 1.54) is 18.3 Å². The van der Waals surface area contributed by atoms with E-state index in [-0.39, 0.29) is 17.3 Å². The Morgan fingerprint density at radius 3 is 2.48 bits per heavy atom. The molecule has 0 bridgehead atoms. The Balaban J connectivity index is 1.65. The number of rotatable bonds is 4. The predicted octanol–water partition coefficient (Wildman–Crippen LogP) is 2.02. The summed E-state index contributed by atoms with van der Waals surface area (Å²) in [5, 5.41) is 2.78. The number of nitrogens with one attached hydrogen (secondary N) is 1. The van der Waals surface area contributed by atoms with Crippen LogP contribution in [0.4, 0.5) is 20.2 Å². The highest BCUT2D eigenvalue weighted by atomic mass is 19.1. The van der Waals surface area contributed by atoms with Gasteiger partial charge in [0.1, 0.15) is 17.3 Å². The van der Waals surface area contributed by atoms with E-state index in [1.807, 2.05) is 0 Å². The average molecular weight is 346 g/mol. The van der Waals surface area contributed by atoms with Crippen LogP contribution in [0.3, 0.4) is 0 Å². The van der Waals surface area contributed by atoms with Crippen LogP contribution in [0.5, 0.6) is 0 Å². The Kier molecular flexibility index (Phi) is 4.87. The average Bonchev–Trinajstić information content (AvgIpc) is 2.64. The highest BCUT2D eigenvalue weighted by Gasteiger charge is 2.22. The third-order valence-electron chi connectivity index (χ3n) is 3.94. The zero-order valence-electron chi connectivity index (χ0n) is 13.3. The quantitative estimate of drug-likeness (QED) is 0.860. The fraction of sp³-hybridized carbons (Fsp3) is 0.235. The van der Waals surface area contributed by atoms with Crippen LogP contribution in [0.2, 0.25) is 0 Å². The zero-order chi connectivity index (χ0) is 17.8. The number of piperazine rings is 1. The Hall–Kier alpha value is -3.03. The molecule has 0 saturated carbocycles.